The van der Waals surface area contributed by atoms with Crippen LogP contribution in [0.4, 0.5) is 0 Å². The number of rotatable bonds is 3. The summed E-state index contributed by atoms with van der Waals surface area (Å²) in [6.45, 7) is 3.79. The first-order valence-corrected chi connectivity index (χ1v) is 9.55. The van der Waals surface area contributed by atoms with E-state index in [9.17, 15) is 9.59 Å². The van der Waals surface area contributed by atoms with Crippen molar-refractivity contribution in [2.75, 3.05) is 20.7 Å². The molecule has 1 saturated heterocycles. The number of carbonyl (C=O) groups excluding carboxylic acids is 2. The number of nitrogens with zero attached hydrogens (tertiary/aromatic N) is 1. The summed E-state index contributed by atoms with van der Waals surface area (Å²) < 4.78 is 16.5. The fourth-order valence-electron chi connectivity index (χ4n) is 5.00. The zero-order valence-corrected chi connectivity index (χ0v) is 16.7. The van der Waals surface area contributed by atoms with Crippen molar-refractivity contribution in [1.29, 1.82) is 0 Å². The zero-order chi connectivity index (χ0) is 20.1. The highest BCUT2D eigenvalue weighted by Crippen LogP contribution is 2.59. The Morgan fingerprint density at radius 3 is 2.61 bits per heavy atom. The topological polar surface area (TPSA) is 65.1 Å². The molecule has 2 atom stereocenters. The first kappa shape index (κ1) is 18.7. The van der Waals surface area contributed by atoms with Crippen LogP contribution in [0.15, 0.2) is 30.0 Å². The maximum absolute atomic E-state index is 11.8. The number of hydrogen-bond donors (Lipinski definition) is 0. The molecule has 3 aliphatic rings. The normalized spacial score (nSPS) is 25.6. The largest absolute Gasteiger partial charge is 0.493 e. The van der Waals surface area contributed by atoms with Gasteiger partial charge in [-0.3, -0.25) is 9.59 Å². The lowest BCUT2D eigenvalue weighted by Gasteiger charge is -2.45. The summed E-state index contributed by atoms with van der Waals surface area (Å²) in [7, 11) is 3.72. The molecule has 4 rings (SSSR count). The molecule has 1 aromatic carbocycles. The Bertz CT molecular complexity index is 916. The van der Waals surface area contributed by atoms with Crippen molar-refractivity contribution in [3.63, 3.8) is 0 Å². The van der Waals surface area contributed by atoms with Gasteiger partial charge in [0.1, 0.15) is 5.76 Å². The average Bonchev–Trinajstić information content (AvgIpc) is 2.96. The number of benzene rings is 1. The molecule has 1 aromatic rings. The van der Waals surface area contributed by atoms with Crippen LogP contribution < -0.4 is 9.47 Å². The van der Waals surface area contributed by atoms with Crippen molar-refractivity contribution in [3.05, 3.63) is 41.2 Å². The lowest BCUT2D eigenvalue weighted by molar-refractivity contribution is -0.136. The van der Waals surface area contributed by atoms with E-state index in [4.69, 9.17) is 14.2 Å². The first-order chi connectivity index (χ1) is 13.4. The first-order valence-electron chi connectivity index (χ1n) is 9.55. The van der Waals surface area contributed by atoms with Crippen LogP contribution in [-0.2, 0) is 20.7 Å². The summed E-state index contributed by atoms with van der Waals surface area (Å²) in [6, 6.07) is 4.24. The van der Waals surface area contributed by atoms with Gasteiger partial charge in [0.2, 0.25) is 0 Å². The number of hydrogen-bond acceptors (Lipinski definition) is 6. The third-order valence-electron chi connectivity index (χ3n) is 6.19. The summed E-state index contributed by atoms with van der Waals surface area (Å²) in [5.41, 5.74) is 2.99. The fraction of sp³-hybridized carbons (Fsp3) is 0.455. The van der Waals surface area contributed by atoms with E-state index in [1.54, 1.807) is 7.11 Å². The Balaban J connectivity index is 1.94. The highest BCUT2D eigenvalue weighted by Gasteiger charge is 2.53. The number of carbonyl (C=O) groups is 2. The third kappa shape index (κ3) is 2.83. The zero-order valence-electron chi connectivity index (χ0n) is 16.7. The van der Waals surface area contributed by atoms with E-state index in [2.05, 4.69) is 11.9 Å². The molecule has 1 heterocycles. The van der Waals surface area contributed by atoms with Crippen molar-refractivity contribution < 1.29 is 23.8 Å². The molecule has 148 valence electrons. The molecule has 0 bridgehead atoms. The van der Waals surface area contributed by atoms with Crippen LogP contribution >= 0.6 is 0 Å². The lowest BCUT2D eigenvalue weighted by atomic mass is 9.61. The summed E-state index contributed by atoms with van der Waals surface area (Å²) >= 11 is 0. The molecule has 0 N–H and O–H groups in total. The molecule has 1 aliphatic heterocycles. The number of allylic oxidation sites excluding steroid dienone is 2. The van der Waals surface area contributed by atoms with E-state index in [1.807, 2.05) is 24.3 Å². The standard InChI is InChI=1S/C22H25NO5/c1-13(24)27-16-7-8-22-9-10-23(3)19(22)11-15-5-6-18(26-4)21(28-14(2)25)20(15)17(22)12-16/h5-7,12,19H,8-11H2,1-4H3/t19-,22+/m1/s1. The number of likely N-dealkylation sites (tertiary alicyclic amines) is 1. The molecule has 0 saturated carbocycles. The van der Waals surface area contributed by atoms with E-state index in [0.717, 1.165) is 42.5 Å². The second kappa shape index (κ2) is 6.78. The predicted octanol–water partition coefficient (Wildman–Crippen LogP) is 3.10. The minimum Gasteiger partial charge on any atom is -0.493 e. The van der Waals surface area contributed by atoms with E-state index in [0.29, 0.717) is 23.3 Å². The third-order valence-corrected chi connectivity index (χ3v) is 6.19. The molecule has 0 unspecified atom stereocenters. The maximum Gasteiger partial charge on any atom is 0.308 e. The quantitative estimate of drug-likeness (QED) is 0.590. The molecule has 0 radical (unpaired) electrons. The molecule has 28 heavy (non-hydrogen) atoms. The summed E-state index contributed by atoms with van der Waals surface area (Å²) in [4.78, 5) is 25.7. The molecule has 1 spiro atoms. The summed E-state index contributed by atoms with van der Waals surface area (Å²) in [5, 5.41) is 0. The van der Waals surface area contributed by atoms with E-state index >= 15 is 0 Å². The van der Waals surface area contributed by atoms with Gasteiger partial charge in [0.05, 0.1) is 7.11 Å². The molecule has 0 amide bonds. The fourth-order valence-corrected chi connectivity index (χ4v) is 5.00. The lowest BCUT2D eigenvalue weighted by Crippen LogP contribution is -2.44. The molecular formula is C22H25NO5. The summed E-state index contributed by atoms with van der Waals surface area (Å²) in [5.74, 6) is 0.791. The van der Waals surface area contributed by atoms with Crippen molar-refractivity contribution in [2.24, 2.45) is 5.41 Å². The second-order valence-electron chi connectivity index (χ2n) is 7.79. The number of esters is 2. The minimum absolute atomic E-state index is 0.0906. The van der Waals surface area contributed by atoms with Gasteiger partial charge in [-0.05, 0) is 62.2 Å². The van der Waals surface area contributed by atoms with E-state index < -0.39 is 5.97 Å². The molecule has 0 aromatic heterocycles. The molecule has 6 nitrogen and oxygen atoms in total. The average molecular weight is 383 g/mol. The van der Waals surface area contributed by atoms with Gasteiger partial charge in [0.15, 0.2) is 11.5 Å². The van der Waals surface area contributed by atoms with Gasteiger partial charge in [-0.2, -0.15) is 0 Å². The van der Waals surface area contributed by atoms with Crippen molar-refractivity contribution in [1.82, 2.24) is 4.90 Å². The Labute approximate surface area is 164 Å². The van der Waals surface area contributed by atoms with Gasteiger partial charge in [-0.1, -0.05) is 6.07 Å². The Morgan fingerprint density at radius 2 is 1.93 bits per heavy atom. The number of likely N-dealkylation sites (N-methyl/N-ethyl adjacent to an activating group) is 1. The van der Waals surface area contributed by atoms with Gasteiger partial charge in [0, 0.05) is 30.9 Å². The van der Waals surface area contributed by atoms with Crippen molar-refractivity contribution >= 4 is 17.5 Å². The maximum atomic E-state index is 11.8. The van der Waals surface area contributed by atoms with Gasteiger partial charge in [-0.15, -0.1) is 0 Å². The van der Waals surface area contributed by atoms with Gasteiger partial charge >= 0.3 is 11.9 Å². The van der Waals surface area contributed by atoms with Crippen LogP contribution in [-0.4, -0.2) is 43.6 Å². The number of methoxy groups -OCH3 is 1. The molecule has 1 fully saturated rings. The Kier molecular flexibility index (Phi) is 4.54. The van der Waals surface area contributed by atoms with Crippen LogP contribution in [0.2, 0.25) is 0 Å². The van der Waals surface area contributed by atoms with Gasteiger partial charge in [-0.25, -0.2) is 0 Å². The minimum atomic E-state index is -0.390. The smallest absolute Gasteiger partial charge is 0.308 e. The second-order valence-corrected chi connectivity index (χ2v) is 7.79. The van der Waals surface area contributed by atoms with Crippen LogP contribution in [0.5, 0.6) is 11.5 Å². The van der Waals surface area contributed by atoms with Crippen LogP contribution in [0.25, 0.3) is 5.57 Å². The molecule has 2 aliphatic carbocycles. The SMILES string of the molecule is COc1ccc2c(c1OC(C)=O)C1=CC(OC(C)=O)=CC[C@]13CCN(C)[C@@H]3C2. The highest BCUT2D eigenvalue weighted by molar-refractivity contribution is 5.86. The van der Waals surface area contributed by atoms with Crippen LogP contribution in [0, 0.1) is 5.41 Å². The van der Waals surface area contributed by atoms with E-state index in [1.165, 1.54) is 13.8 Å². The molecule has 6 heteroatoms. The number of fused-ring (bicyclic) bond motifs is 2. The van der Waals surface area contributed by atoms with Crippen LogP contribution in [0.3, 0.4) is 0 Å². The Hall–Kier alpha value is -2.60. The predicted molar refractivity (Wildman–Crippen MR) is 104 cm³/mol. The van der Waals surface area contributed by atoms with Crippen molar-refractivity contribution in [3.8, 4) is 11.5 Å². The monoisotopic (exact) mass is 383 g/mol. The number of ether oxygens (including phenoxy) is 3. The van der Waals surface area contributed by atoms with Gasteiger partial charge in [0.25, 0.3) is 0 Å². The van der Waals surface area contributed by atoms with Gasteiger partial charge < -0.3 is 19.1 Å². The molecular weight excluding hydrogens is 358 g/mol. The summed E-state index contributed by atoms with van der Waals surface area (Å²) in [6.07, 6.45) is 6.61. The van der Waals surface area contributed by atoms with Crippen molar-refractivity contribution in [2.45, 2.75) is 39.2 Å². The van der Waals surface area contributed by atoms with E-state index in [-0.39, 0.29) is 11.4 Å². The Morgan fingerprint density at radius 1 is 1.18 bits per heavy atom. The van der Waals surface area contributed by atoms with Crippen LogP contribution in [0.1, 0.15) is 37.8 Å². The highest BCUT2D eigenvalue weighted by atomic mass is 16.6.